The van der Waals surface area contributed by atoms with E-state index in [4.69, 9.17) is 14.2 Å². The number of aromatic nitrogens is 8. The van der Waals surface area contributed by atoms with Crippen molar-refractivity contribution >= 4 is 164 Å². The molecule has 4 heterocycles. The van der Waals surface area contributed by atoms with Gasteiger partial charge in [-0.3, -0.25) is 43.5 Å². The SMILES string of the molecule is CN(C(=O)OC(C)(C)C)c1cccc(CC(=O)Nc2nnc([C@H]3CCC[C@H](c4nnc(NC(=O)Cc5cccc(N(C)C(=O)OC(C)(C)C)c5)s4)C3)s2)c1.CNc1cccc(CC(=O)Nc2nnc([C@H]3CCC[C@H](c4nnc(NC(=O)Cc5cccc(NC)c5)s4)C3)s2)c1.COC(=O)Cc1cccc(Br)c1.COC(=O)Cc1cccc(N(C)C(=O)OC(C)(C)C)c1. The summed E-state index contributed by atoms with van der Waals surface area (Å²) >= 11 is 8.94. The molecule has 7 amide bonds. The van der Waals surface area contributed by atoms with E-state index in [1.54, 1.807) is 75.7 Å². The van der Waals surface area contributed by atoms with E-state index in [1.807, 2.05) is 167 Å². The number of ether oxygens (including phenoxy) is 5. The summed E-state index contributed by atoms with van der Waals surface area (Å²) in [6, 6.07) is 44.7. The Bertz CT molecular complexity index is 5130. The second-order valence-corrected chi connectivity index (χ2v) is 37.9. The highest BCUT2D eigenvalue weighted by Crippen LogP contribution is 2.46. The van der Waals surface area contributed by atoms with Crippen molar-refractivity contribution in [3.63, 3.8) is 0 Å². The molecule has 4 atom stereocenters. The first kappa shape index (κ1) is 98.1. The van der Waals surface area contributed by atoms with Crippen molar-refractivity contribution in [2.24, 2.45) is 0 Å². The van der Waals surface area contributed by atoms with Crippen LogP contribution in [0, 0.1) is 0 Å². The number of esters is 2. The van der Waals surface area contributed by atoms with Gasteiger partial charge in [0.2, 0.25) is 44.2 Å². The number of carbonyl (C=O) groups excluding carboxylic acids is 9. The number of carbonyl (C=O) groups is 9. The lowest BCUT2D eigenvalue weighted by atomic mass is 9.82. The quantitative estimate of drug-likeness (QED) is 0.0229. The van der Waals surface area contributed by atoms with Crippen LogP contribution in [0.1, 0.15) is 191 Å². The maximum atomic E-state index is 13.0. The molecule has 6 aromatic carbocycles. The predicted molar refractivity (Wildman–Crippen MR) is 498 cm³/mol. The monoisotopic (exact) mass is 1860 g/mol. The Balaban J connectivity index is 0.000000216. The van der Waals surface area contributed by atoms with Crippen molar-refractivity contribution in [1.29, 1.82) is 0 Å². The molecule has 10 aromatic rings. The number of rotatable bonds is 25. The average molecular weight is 1860 g/mol. The Kier molecular flexibility index (Phi) is 36.2. The molecule has 2 aliphatic rings. The number of benzene rings is 6. The largest absolute Gasteiger partial charge is 0.469 e. The van der Waals surface area contributed by atoms with Crippen LogP contribution in [0.3, 0.4) is 0 Å². The maximum absolute atomic E-state index is 13.0. The van der Waals surface area contributed by atoms with E-state index in [2.05, 4.69) is 98.1 Å². The number of nitrogens with one attached hydrogen (secondary N) is 6. The molecule has 2 fully saturated rings. The summed E-state index contributed by atoms with van der Waals surface area (Å²) in [7, 11) is 11.3. The third-order valence-electron chi connectivity index (χ3n) is 19.3. The van der Waals surface area contributed by atoms with E-state index < -0.39 is 35.1 Å². The fourth-order valence-corrected chi connectivity index (χ4v) is 17.3. The van der Waals surface area contributed by atoms with Gasteiger partial charge in [-0.1, -0.05) is 147 Å². The Morgan fingerprint density at radius 2 is 0.619 bits per heavy atom. The van der Waals surface area contributed by atoms with E-state index in [9.17, 15) is 43.2 Å². The molecule has 6 N–H and O–H groups in total. The second kappa shape index (κ2) is 46.5. The summed E-state index contributed by atoms with van der Waals surface area (Å²) in [5, 5.41) is 57.8. The Hall–Kier alpha value is -11.7. The normalized spacial score (nSPS) is 14.8. The number of amides is 7. The topological polar surface area (TPSA) is 385 Å². The van der Waals surface area contributed by atoms with Crippen LogP contribution in [0.2, 0.25) is 0 Å². The van der Waals surface area contributed by atoms with Gasteiger partial charge >= 0.3 is 30.2 Å². The predicted octanol–water partition coefficient (Wildman–Crippen LogP) is 18.2. The highest BCUT2D eigenvalue weighted by molar-refractivity contribution is 9.10. The van der Waals surface area contributed by atoms with Crippen LogP contribution in [0.15, 0.2) is 150 Å². The average Bonchev–Trinajstić information content (AvgIpc) is 1.65. The van der Waals surface area contributed by atoms with Gasteiger partial charge in [-0.2, -0.15) is 0 Å². The minimum absolute atomic E-state index is 0.101. The molecule has 0 saturated heterocycles. The zero-order valence-corrected chi connectivity index (χ0v) is 78.6. The molecule has 0 unspecified atom stereocenters. The van der Waals surface area contributed by atoms with E-state index in [0.717, 1.165) is 121 Å². The number of anilines is 9. The van der Waals surface area contributed by atoms with Crippen LogP contribution >= 0.6 is 61.3 Å². The highest BCUT2D eigenvalue weighted by Gasteiger charge is 2.33. The van der Waals surface area contributed by atoms with Gasteiger partial charge in [-0.05, 0) is 207 Å². The van der Waals surface area contributed by atoms with Crippen molar-refractivity contribution in [1.82, 2.24) is 40.8 Å². The fraction of sp³-hybridized carbons (Fsp3) is 0.411. The first-order chi connectivity index (χ1) is 59.8. The zero-order chi connectivity index (χ0) is 91.4. The van der Waals surface area contributed by atoms with E-state index in [1.165, 1.54) is 74.3 Å². The summed E-state index contributed by atoms with van der Waals surface area (Å²) in [5.41, 5.74) is 7.14. The van der Waals surface area contributed by atoms with Crippen molar-refractivity contribution in [2.45, 2.75) is 193 Å². The van der Waals surface area contributed by atoms with Crippen molar-refractivity contribution in [3.05, 3.63) is 203 Å². The minimum atomic E-state index is -0.621. The smallest absolute Gasteiger partial charge is 0.414 e. The molecule has 0 radical (unpaired) electrons. The lowest BCUT2D eigenvalue weighted by Crippen LogP contribution is -2.34. The van der Waals surface area contributed by atoms with Gasteiger partial charge in [0, 0.05) is 91.8 Å². The van der Waals surface area contributed by atoms with Crippen LogP contribution in [0.25, 0.3) is 0 Å². The Labute approximate surface area is 758 Å². The van der Waals surface area contributed by atoms with E-state index in [-0.39, 0.29) is 91.3 Å². The first-order valence-electron chi connectivity index (χ1n) is 41.0. The zero-order valence-electron chi connectivity index (χ0n) is 73.7. The van der Waals surface area contributed by atoms with Crippen LogP contribution < -0.4 is 46.6 Å². The molecular weight excluding hydrogens is 1750 g/mol. The maximum Gasteiger partial charge on any atom is 0.414 e. The molecule has 12 rings (SSSR count). The van der Waals surface area contributed by atoms with Gasteiger partial charge in [0.1, 0.15) is 36.8 Å². The van der Waals surface area contributed by atoms with E-state index in [0.29, 0.717) is 44.0 Å². The number of nitrogens with zero attached hydrogens (tertiary/aromatic N) is 11. The first-order valence-corrected chi connectivity index (χ1v) is 45.0. The summed E-state index contributed by atoms with van der Waals surface area (Å²) in [6.45, 7) is 16.3. The molecule has 2 aliphatic carbocycles. The second-order valence-electron chi connectivity index (χ2n) is 33.0. The fourth-order valence-electron chi connectivity index (χ4n) is 13.2. The lowest BCUT2D eigenvalue weighted by molar-refractivity contribution is -0.140. The summed E-state index contributed by atoms with van der Waals surface area (Å²) in [4.78, 5) is 114. The minimum Gasteiger partial charge on any atom is -0.469 e. The Morgan fingerprint density at radius 3 is 0.881 bits per heavy atom. The molecule has 2 saturated carbocycles. The highest BCUT2D eigenvalue weighted by atomic mass is 79.9. The molecule has 0 spiro atoms. The number of hydrogen-bond acceptors (Lipinski definition) is 28. The Morgan fingerprint density at radius 1 is 0.365 bits per heavy atom. The number of halogens is 1. The van der Waals surface area contributed by atoms with Crippen molar-refractivity contribution in [2.75, 3.05) is 96.1 Å². The number of hydrogen-bond donors (Lipinski definition) is 6. The van der Waals surface area contributed by atoms with Crippen molar-refractivity contribution < 1.29 is 66.8 Å². The third kappa shape index (κ3) is 32.4. The van der Waals surface area contributed by atoms with Gasteiger partial charge in [0.15, 0.2) is 0 Å². The van der Waals surface area contributed by atoms with Crippen LogP contribution in [-0.2, 0) is 91.0 Å². The summed E-state index contributed by atoms with van der Waals surface area (Å²) < 4.78 is 26.3. The summed E-state index contributed by atoms with van der Waals surface area (Å²) in [5.74, 6) is -0.436. The summed E-state index contributed by atoms with van der Waals surface area (Å²) in [6.07, 6.45) is 7.50. The molecular formula is C90H110BrN17O14S4. The standard InChI is InChI=1S/C38H48N8O6S2.C28H32N8O2S2.C15H21NO4.C9H9BrO2/c1-37(2,3)51-35(49)45(7)27-16-9-12-23(18-27)20-29(47)39-33-43-41-31(53-33)25-14-11-15-26(22-25)32-42-44-34(54-32)40-30(48)21-24-13-10-17-28(19-24)46(8)36(50)52-38(4,5)6;1-29-21-10-3-6-17(12-21)14-23(37)31-27-35-33-25(39-27)19-8-5-9-20(16-19)26-34-36-28(40-26)32-24(38)15-18-7-4-11-22(13-18)30-2;1-15(2,3)20-14(18)16(4)12-8-6-7-11(9-12)10-13(17)19-5;1-12-9(11)6-7-3-2-4-8(10)5-7/h9-10,12-13,16-19,25-26H,11,14-15,20-22H2,1-8H3,(H,39,43,47)(H,40,44,48);3-4,6-7,10-13,19-20,29-30H,5,8-9,14-16H2,1-2H3,(H,31,35,37)(H,32,36,38);6-9H,10H2,1-5H3;2-5H,6H2,1H3/t25-,26-;19-,20-;;/m00../s1. The number of methoxy groups -OCH3 is 2. The molecule has 0 bridgehead atoms. The molecule has 31 nitrogen and oxygen atoms in total. The van der Waals surface area contributed by atoms with Gasteiger partial charge < -0.3 is 55.6 Å². The van der Waals surface area contributed by atoms with Crippen LogP contribution in [0.5, 0.6) is 0 Å². The van der Waals surface area contributed by atoms with Gasteiger partial charge in [-0.25, -0.2) is 14.4 Å². The third-order valence-corrected chi connectivity index (χ3v) is 23.8. The molecule has 670 valence electrons. The van der Waals surface area contributed by atoms with Crippen LogP contribution in [-0.4, -0.2) is 161 Å². The molecule has 0 aliphatic heterocycles. The van der Waals surface area contributed by atoms with E-state index >= 15 is 0 Å². The van der Waals surface area contributed by atoms with Gasteiger partial charge in [0.05, 0.1) is 52.7 Å². The van der Waals surface area contributed by atoms with Gasteiger partial charge in [-0.15, -0.1) is 40.8 Å². The molecule has 36 heteroatoms. The molecule has 126 heavy (non-hydrogen) atoms. The molecule has 4 aromatic heterocycles. The van der Waals surface area contributed by atoms with Gasteiger partial charge in [0.25, 0.3) is 0 Å². The van der Waals surface area contributed by atoms with Crippen molar-refractivity contribution in [3.8, 4) is 0 Å². The van der Waals surface area contributed by atoms with Crippen LogP contribution in [0.4, 0.5) is 63.3 Å². The lowest BCUT2D eigenvalue weighted by Gasteiger charge is -2.25.